The molecular weight excluding hydrogens is 334 g/mol. The highest BCUT2D eigenvalue weighted by atomic mass is 16.5. The molecule has 4 aromatic carbocycles. The molecule has 0 spiro atoms. The Hall–Kier alpha value is -3.33. The van der Waals surface area contributed by atoms with Gasteiger partial charge in [0, 0.05) is 19.2 Å². The normalized spacial score (nSPS) is 10.9. The number of carbonyl (C=O) groups excluding carboxylic acids is 1. The number of methoxy groups -OCH3 is 1. The van der Waals surface area contributed by atoms with Crippen LogP contribution in [0.2, 0.25) is 0 Å². The van der Waals surface area contributed by atoms with Crippen LogP contribution in [0.15, 0.2) is 78.9 Å². The molecule has 27 heavy (non-hydrogen) atoms. The molecule has 1 amide bonds. The molecule has 0 unspecified atom stereocenters. The SMILES string of the molecule is COc1ccc2cc(CN(C)C(=O)c3cccc4ccccc34)ccc2c1. The molecule has 0 radical (unpaired) electrons. The van der Waals surface area contributed by atoms with E-state index >= 15 is 0 Å². The monoisotopic (exact) mass is 355 g/mol. The lowest BCUT2D eigenvalue weighted by Crippen LogP contribution is -2.26. The Kier molecular flexibility index (Phi) is 4.51. The number of hydrogen-bond acceptors (Lipinski definition) is 2. The van der Waals surface area contributed by atoms with Crippen LogP contribution in [0.5, 0.6) is 5.75 Å². The Morgan fingerprint density at radius 3 is 2.44 bits per heavy atom. The number of amides is 1. The van der Waals surface area contributed by atoms with E-state index in [9.17, 15) is 4.79 Å². The number of hydrogen-bond donors (Lipinski definition) is 0. The minimum atomic E-state index is 0.0293. The molecule has 3 heteroatoms. The zero-order chi connectivity index (χ0) is 18.8. The summed E-state index contributed by atoms with van der Waals surface area (Å²) in [6, 6.07) is 26.1. The molecule has 0 atom stereocenters. The maximum absolute atomic E-state index is 13.0. The summed E-state index contributed by atoms with van der Waals surface area (Å²) in [5.74, 6) is 0.875. The van der Waals surface area contributed by atoms with E-state index in [-0.39, 0.29) is 5.91 Å². The van der Waals surface area contributed by atoms with Gasteiger partial charge in [-0.25, -0.2) is 0 Å². The largest absolute Gasteiger partial charge is 0.497 e. The minimum Gasteiger partial charge on any atom is -0.497 e. The van der Waals surface area contributed by atoms with Crippen molar-refractivity contribution in [2.45, 2.75) is 6.54 Å². The van der Waals surface area contributed by atoms with Crippen molar-refractivity contribution < 1.29 is 9.53 Å². The summed E-state index contributed by atoms with van der Waals surface area (Å²) in [4.78, 5) is 14.8. The molecule has 0 aliphatic rings. The second-order valence-corrected chi connectivity index (χ2v) is 6.74. The maximum atomic E-state index is 13.0. The predicted molar refractivity (Wildman–Crippen MR) is 110 cm³/mol. The maximum Gasteiger partial charge on any atom is 0.254 e. The zero-order valence-electron chi connectivity index (χ0n) is 15.5. The van der Waals surface area contributed by atoms with Gasteiger partial charge >= 0.3 is 0 Å². The van der Waals surface area contributed by atoms with Crippen molar-refractivity contribution in [1.29, 1.82) is 0 Å². The number of fused-ring (bicyclic) bond motifs is 2. The molecule has 0 N–H and O–H groups in total. The van der Waals surface area contributed by atoms with E-state index in [1.807, 2.05) is 67.7 Å². The number of carbonyl (C=O) groups is 1. The lowest BCUT2D eigenvalue weighted by molar-refractivity contribution is 0.0787. The number of rotatable bonds is 4. The molecule has 3 nitrogen and oxygen atoms in total. The molecule has 0 aliphatic carbocycles. The van der Waals surface area contributed by atoms with Crippen LogP contribution < -0.4 is 4.74 Å². The Labute approximate surface area is 158 Å². The standard InChI is InChI=1S/C24H21NO2/c1-25(24(26)23-9-5-7-18-6-3-4-8-22(18)23)16-17-10-11-20-15-21(27-2)13-12-19(20)14-17/h3-15H,16H2,1-2H3. The fourth-order valence-electron chi connectivity index (χ4n) is 3.46. The molecule has 0 saturated heterocycles. The molecule has 0 aliphatic heterocycles. The van der Waals surface area contributed by atoms with Crippen molar-refractivity contribution in [3.8, 4) is 5.75 Å². The van der Waals surface area contributed by atoms with E-state index in [2.05, 4.69) is 18.2 Å². The van der Waals surface area contributed by atoms with E-state index < -0.39 is 0 Å². The second kappa shape index (κ2) is 7.12. The van der Waals surface area contributed by atoms with Crippen molar-refractivity contribution in [1.82, 2.24) is 4.90 Å². The van der Waals surface area contributed by atoms with Crippen LogP contribution in [0, 0.1) is 0 Å². The van der Waals surface area contributed by atoms with Gasteiger partial charge in [0.15, 0.2) is 0 Å². The lowest BCUT2D eigenvalue weighted by atomic mass is 10.0. The smallest absolute Gasteiger partial charge is 0.254 e. The van der Waals surface area contributed by atoms with Crippen molar-refractivity contribution >= 4 is 27.5 Å². The minimum absolute atomic E-state index is 0.0293. The Morgan fingerprint density at radius 2 is 1.59 bits per heavy atom. The number of benzene rings is 4. The summed E-state index contributed by atoms with van der Waals surface area (Å²) >= 11 is 0. The van der Waals surface area contributed by atoms with Gasteiger partial charge in [0.1, 0.15) is 5.75 Å². The van der Waals surface area contributed by atoms with Crippen molar-refractivity contribution in [2.75, 3.05) is 14.2 Å². The van der Waals surface area contributed by atoms with E-state index in [0.29, 0.717) is 6.54 Å². The molecular formula is C24H21NO2. The third kappa shape index (κ3) is 3.36. The summed E-state index contributed by atoms with van der Waals surface area (Å²) in [6.45, 7) is 0.560. The average molecular weight is 355 g/mol. The lowest BCUT2D eigenvalue weighted by Gasteiger charge is -2.19. The molecule has 4 aromatic rings. The molecule has 0 fully saturated rings. The van der Waals surface area contributed by atoms with Crippen molar-refractivity contribution in [3.05, 3.63) is 90.0 Å². The third-order valence-corrected chi connectivity index (χ3v) is 4.90. The molecule has 4 rings (SSSR count). The van der Waals surface area contributed by atoms with Gasteiger partial charge in [-0.1, -0.05) is 54.6 Å². The summed E-state index contributed by atoms with van der Waals surface area (Å²) in [5, 5.41) is 4.33. The highest BCUT2D eigenvalue weighted by molar-refractivity contribution is 6.06. The Bertz CT molecular complexity index is 1130. The van der Waals surface area contributed by atoms with Gasteiger partial charge < -0.3 is 9.64 Å². The first kappa shape index (κ1) is 17.1. The van der Waals surface area contributed by atoms with E-state index in [1.165, 1.54) is 0 Å². The topological polar surface area (TPSA) is 29.5 Å². The van der Waals surface area contributed by atoms with Crippen LogP contribution in [0.1, 0.15) is 15.9 Å². The van der Waals surface area contributed by atoms with Gasteiger partial charge in [-0.2, -0.15) is 0 Å². The fourth-order valence-corrected chi connectivity index (χ4v) is 3.46. The molecule has 134 valence electrons. The first-order valence-corrected chi connectivity index (χ1v) is 8.95. The highest BCUT2D eigenvalue weighted by Crippen LogP contribution is 2.24. The molecule has 0 saturated carbocycles. The van der Waals surface area contributed by atoms with Gasteiger partial charge in [0.25, 0.3) is 5.91 Å². The van der Waals surface area contributed by atoms with Gasteiger partial charge in [-0.05, 0) is 51.4 Å². The molecule has 0 bridgehead atoms. The first-order chi connectivity index (χ1) is 13.2. The van der Waals surface area contributed by atoms with Gasteiger partial charge in [-0.3, -0.25) is 4.79 Å². The summed E-state index contributed by atoms with van der Waals surface area (Å²) in [7, 11) is 3.52. The van der Waals surface area contributed by atoms with Crippen LogP contribution in [-0.4, -0.2) is 25.0 Å². The number of ether oxygens (including phenoxy) is 1. The van der Waals surface area contributed by atoms with Crippen molar-refractivity contribution in [3.63, 3.8) is 0 Å². The van der Waals surface area contributed by atoms with E-state index in [4.69, 9.17) is 4.74 Å². The quantitative estimate of drug-likeness (QED) is 0.499. The highest BCUT2D eigenvalue weighted by Gasteiger charge is 2.15. The third-order valence-electron chi connectivity index (χ3n) is 4.90. The van der Waals surface area contributed by atoms with E-state index in [1.54, 1.807) is 12.0 Å². The summed E-state index contributed by atoms with van der Waals surface area (Å²) < 4.78 is 5.28. The molecule has 0 heterocycles. The Balaban J connectivity index is 1.60. The van der Waals surface area contributed by atoms with Gasteiger partial charge in [0.2, 0.25) is 0 Å². The van der Waals surface area contributed by atoms with Crippen LogP contribution in [-0.2, 0) is 6.54 Å². The predicted octanol–water partition coefficient (Wildman–Crippen LogP) is 5.27. The van der Waals surface area contributed by atoms with Crippen LogP contribution in [0.25, 0.3) is 21.5 Å². The fraction of sp³-hybridized carbons (Fsp3) is 0.125. The van der Waals surface area contributed by atoms with Crippen LogP contribution in [0.3, 0.4) is 0 Å². The number of nitrogens with zero attached hydrogens (tertiary/aromatic N) is 1. The van der Waals surface area contributed by atoms with Gasteiger partial charge in [-0.15, -0.1) is 0 Å². The zero-order valence-corrected chi connectivity index (χ0v) is 15.5. The van der Waals surface area contributed by atoms with E-state index in [0.717, 1.165) is 38.4 Å². The van der Waals surface area contributed by atoms with Crippen molar-refractivity contribution in [2.24, 2.45) is 0 Å². The summed E-state index contributed by atoms with van der Waals surface area (Å²) in [6.07, 6.45) is 0. The molecule has 0 aromatic heterocycles. The first-order valence-electron chi connectivity index (χ1n) is 8.95. The van der Waals surface area contributed by atoms with Crippen LogP contribution >= 0.6 is 0 Å². The summed E-state index contributed by atoms with van der Waals surface area (Å²) in [5.41, 5.74) is 1.84. The van der Waals surface area contributed by atoms with Gasteiger partial charge in [0.05, 0.1) is 7.11 Å². The van der Waals surface area contributed by atoms with Crippen LogP contribution in [0.4, 0.5) is 0 Å². The second-order valence-electron chi connectivity index (χ2n) is 6.74. The average Bonchev–Trinajstić information content (AvgIpc) is 2.72. The Morgan fingerprint density at radius 1 is 0.852 bits per heavy atom.